The lowest BCUT2D eigenvalue weighted by molar-refractivity contribution is -0.131. The minimum Gasteiger partial charge on any atom is -0.285 e. The summed E-state index contributed by atoms with van der Waals surface area (Å²) in [6.45, 7) is 0. The van der Waals surface area contributed by atoms with Crippen LogP contribution >= 0.6 is 0 Å². The largest absolute Gasteiger partial charge is 0.396 e. The van der Waals surface area contributed by atoms with Crippen molar-refractivity contribution < 1.29 is 18.0 Å². The van der Waals surface area contributed by atoms with Gasteiger partial charge in [0.15, 0.2) is 0 Å². The fourth-order valence-electron chi connectivity index (χ4n) is 2.33. The highest BCUT2D eigenvalue weighted by Gasteiger charge is 2.43. The number of hydrogen-bond donors (Lipinski definition) is 2. The predicted molar refractivity (Wildman–Crippen MR) is 55.2 cm³/mol. The van der Waals surface area contributed by atoms with E-state index in [0.717, 1.165) is 19.3 Å². The van der Waals surface area contributed by atoms with E-state index in [4.69, 9.17) is 0 Å². The number of carbonyl (C=O) groups excluding carboxylic acids is 1. The van der Waals surface area contributed by atoms with Crippen molar-refractivity contribution in [3.05, 3.63) is 0 Å². The predicted octanol–water partition coefficient (Wildman–Crippen LogP) is 1.67. The first-order valence-corrected chi connectivity index (χ1v) is 5.63. The summed E-state index contributed by atoms with van der Waals surface area (Å²) in [5, 5.41) is 0. The Bertz CT molecular complexity index is 345. The van der Waals surface area contributed by atoms with Gasteiger partial charge in [-0.15, -0.1) is 0 Å². The molecule has 1 aliphatic heterocycles. The lowest BCUT2D eigenvalue weighted by Gasteiger charge is -2.36. The summed E-state index contributed by atoms with van der Waals surface area (Å²) >= 11 is 0. The van der Waals surface area contributed by atoms with Crippen LogP contribution in [0.3, 0.4) is 0 Å². The van der Waals surface area contributed by atoms with Crippen LogP contribution in [0.25, 0.3) is 0 Å². The first kappa shape index (κ1) is 12.2. The minimum absolute atomic E-state index is 0.195. The number of carbonyl (C=O) groups is 1. The number of nitrogens with one attached hydrogen (secondary N) is 2. The van der Waals surface area contributed by atoms with Crippen LogP contribution in [-0.2, 0) is 4.79 Å². The van der Waals surface area contributed by atoms with Gasteiger partial charge >= 0.3 is 6.18 Å². The summed E-state index contributed by atoms with van der Waals surface area (Å²) in [6.07, 6.45) is -1.72. The summed E-state index contributed by atoms with van der Waals surface area (Å²) in [6, 6.07) is 0. The Balaban J connectivity index is 2.18. The molecule has 1 aliphatic carbocycles. The van der Waals surface area contributed by atoms with E-state index in [1.54, 1.807) is 0 Å². The molecule has 0 bridgehead atoms. The highest BCUT2D eigenvalue weighted by Crippen LogP contribution is 2.34. The normalized spacial score (nSPS) is 23.9. The fraction of sp³-hybridized carbons (Fsp3) is 0.800. The van der Waals surface area contributed by atoms with Gasteiger partial charge in [-0.2, -0.15) is 13.2 Å². The Morgan fingerprint density at radius 3 is 2.41 bits per heavy atom. The van der Waals surface area contributed by atoms with Crippen molar-refractivity contribution in [3.63, 3.8) is 0 Å². The van der Waals surface area contributed by atoms with Crippen molar-refractivity contribution in [3.8, 4) is 0 Å². The maximum absolute atomic E-state index is 12.3. The number of hydrogen-bond acceptors (Lipinski definition) is 3. The quantitative estimate of drug-likeness (QED) is 0.742. The number of halogens is 3. The number of amidine groups is 1. The zero-order chi connectivity index (χ0) is 12.5. The molecule has 0 atom stereocenters. The summed E-state index contributed by atoms with van der Waals surface area (Å²) < 4.78 is 36.8. The first-order chi connectivity index (χ1) is 7.91. The Kier molecular flexibility index (Phi) is 3.01. The van der Waals surface area contributed by atoms with Gasteiger partial charge in [0.05, 0.1) is 0 Å². The molecule has 4 nitrogen and oxygen atoms in total. The molecule has 96 valence electrons. The van der Waals surface area contributed by atoms with Crippen molar-refractivity contribution in [1.29, 1.82) is 0 Å². The second-order valence-electron chi connectivity index (χ2n) is 4.52. The van der Waals surface area contributed by atoms with Gasteiger partial charge in [0.1, 0.15) is 17.8 Å². The van der Waals surface area contributed by atoms with Gasteiger partial charge in [-0.1, -0.05) is 19.3 Å². The Morgan fingerprint density at radius 1 is 1.18 bits per heavy atom. The molecular formula is C10H14F3N3O. The second-order valence-corrected chi connectivity index (χ2v) is 4.52. The lowest BCUT2D eigenvalue weighted by Crippen LogP contribution is -2.59. The molecule has 2 aliphatic rings. The molecule has 0 saturated heterocycles. The van der Waals surface area contributed by atoms with Crippen LogP contribution in [-0.4, -0.2) is 23.5 Å². The molecule has 1 heterocycles. The van der Waals surface area contributed by atoms with Crippen LogP contribution in [0.5, 0.6) is 0 Å². The summed E-state index contributed by atoms with van der Waals surface area (Å²) in [5.41, 5.74) is 3.55. The molecule has 7 heteroatoms. The van der Waals surface area contributed by atoms with Gasteiger partial charge in [-0.05, 0) is 12.8 Å². The lowest BCUT2D eigenvalue weighted by atomic mass is 9.81. The van der Waals surface area contributed by atoms with Gasteiger partial charge in [0.25, 0.3) is 5.91 Å². The monoisotopic (exact) mass is 249 g/mol. The van der Waals surface area contributed by atoms with Crippen molar-refractivity contribution in [2.24, 2.45) is 4.99 Å². The Labute approximate surface area is 96.6 Å². The van der Waals surface area contributed by atoms with Crippen LogP contribution in [0.15, 0.2) is 4.99 Å². The molecule has 1 saturated carbocycles. The summed E-state index contributed by atoms with van der Waals surface area (Å²) in [4.78, 5) is 15.7. The van der Waals surface area contributed by atoms with Gasteiger partial charge < -0.3 is 0 Å². The topological polar surface area (TPSA) is 53.5 Å². The van der Waals surface area contributed by atoms with Gasteiger partial charge in [-0.3, -0.25) is 20.6 Å². The van der Waals surface area contributed by atoms with Crippen LogP contribution in [0.2, 0.25) is 0 Å². The molecule has 1 fully saturated rings. The van der Waals surface area contributed by atoms with Crippen LogP contribution < -0.4 is 10.9 Å². The number of nitrogens with zero attached hydrogens (tertiary/aromatic N) is 1. The van der Waals surface area contributed by atoms with E-state index in [9.17, 15) is 18.0 Å². The average molecular weight is 249 g/mol. The number of alkyl halides is 3. The van der Waals surface area contributed by atoms with Crippen LogP contribution in [0.4, 0.5) is 13.2 Å². The molecular weight excluding hydrogens is 235 g/mol. The molecule has 0 aromatic heterocycles. The van der Waals surface area contributed by atoms with Gasteiger partial charge in [0, 0.05) is 0 Å². The maximum atomic E-state index is 12.3. The third kappa shape index (κ3) is 2.70. The molecule has 1 spiro atoms. The number of rotatable bonds is 1. The molecule has 0 unspecified atom stereocenters. The fourth-order valence-corrected chi connectivity index (χ4v) is 2.33. The molecule has 1 amide bonds. The van der Waals surface area contributed by atoms with Crippen LogP contribution in [0.1, 0.15) is 38.5 Å². The number of hydrazine groups is 1. The summed E-state index contributed by atoms with van der Waals surface area (Å²) in [5.74, 6) is -0.512. The van der Waals surface area contributed by atoms with Crippen molar-refractivity contribution in [2.75, 3.05) is 0 Å². The van der Waals surface area contributed by atoms with Crippen molar-refractivity contribution in [2.45, 2.75) is 50.2 Å². The molecule has 2 N–H and O–H groups in total. The second kappa shape index (κ2) is 4.19. The third-order valence-electron chi connectivity index (χ3n) is 3.14. The van der Waals surface area contributed by atoms with E-state index in [1.807, 2.05) is 0 Å². The highest BCUT2D eigenvalue weighted by molar-refractivity contribution is 5.96. The molecule has 0 aromatic carbocycles. The Morgan fingerprint density at radius 2 is 1.82 bits per heavy atom. The van der Waals surface area contributed by atoms with E-state index in [2.05, 4.69) is 15.8 Å². The zero-order valence-corrected chi connectivity index (χ0v) is 9.23. The minimum atomic E-state index is -4.32. The Hall–Kier alpha value is -1.27. The molecule has 0 aromatic rings. The highest BCUT2D eigenvalue weighted by atomic mass is 19.4. The molecule has 2 rings (SSSR count). The number of amides is 1. The van der Waals surface area contributed by atoms with Gasteiger partial charge in [-0.25, -0.2) is 0 Å². The number of aliphatic imine (C=N–C) groups is 1. The van der Waals surface area contributed by atoms with Crippen molar-refractivity contribution in [1.82, 2.24) is 10.9 Å². The van der Waals surface area contributed by atoms with E-state index in [-0.39, 0.29) is 11.7 Å². The SMILES string of the molecule is O=C1NNC(CC(F)(F)F)=NC12CCCCC2. The van der Waals surface area contributed by atoms with Crippen molar-refractivity contribution >= 4 is 11.7 Å². The molecule has 0 radical (unpaired) electrons. The standard InChI is InChI=1S/C10H14F3N3O/c11-10(12,13)6-7-14-9(8(17)16-15-7)4-2-1-3-5-9/h1-6H2,(H,14,15)(H,16,17). The maximum Gasteiger partial charge on any atom is 0.396 e. The van der Waals surface area contributed by atoms with E-state index >= 15 is 0 Å². The summed E-state index contributed by atoms with van der Waals surface area (Å²) in [7, 11) is 0. The van der Waals surface area contributed by atoms with E-state index in [1.165, 1.54) is 0 Å². The van der Waals surface area contributed by atoms with Gasteiger partial charge in [0.2, 0.25) is 0 Å². The van der Waals surface area contributed by atoms with Crippen LogP contribution in [0, 0.1) is 0 Å². The average Bonchev–Trinajstić information content (AvgIpc) is 2.23. The first-order valence-electron chi connectivity index (χ1n) is 5.63. The van der Waals surface area contributed by atoms with E-state index < -0.39 is 18.1 Å². The molecule has 17 heavy (non-hydrogen) atoms. The van der Waals surface area contributed by atoms with E-state index in [0.29, 0.717) is 12.8 Å². The smallest absolute Gasteiger partial charge is 0.285 e. The zero-order valence-electron chi connectivity index (χ0n) is 9.23. The third-order valence-corrected chi connectivity index (χ3v) is 3.14.